The first kappa shape index (κ1) is 25.5. The van der Waals surface area contributed by atoms with Gasteiger partial charge in [-0.05, 0) is 63.2 Å². The topological polar surface area (TPSA) is 97.7 Å². The van der Waals surface area contributed by atoms with Crippen molar-refractivity contribution >= 4 is 48.9 Å². The van der Waals surface area contributed by atoms with E-state index in [1.54, 1.807) is 66.1 Å². The number of ether oxygens (including phenoxy) is 1. The van der Waals surface area contributed by atoms with Crippen LogP contribution in [-0.2, 0) is 21.4 Å². The van der Waals surface area contributed by atoms with E-state index >= 15 is 0 Å². The average molecular weight is 526 g/mol. The molecule has 8 nitrogen and oxygen atoms in total. The highest BCUT2D eigenvalue weighted by Crippen LogP contribution is 2.32. The molecule has 4 rings (SSSR count). The van der Waals surface area contributed by atoms with Gasteiger partial charge in [-0.1, -0.05) is 41.2 Å². The molecule has 0 unspecified atom stereocenters. The molecule has 36 heavy (non-hydrogen) atoms. The molecule has 0 spiro atoms. The number of carbonyl (C=O) groups excluding carboxylic acids is 1. The second kappa shape index (κ2) is 10.5. The third-order valence-electron chi connectivity index (χ3n) is 5.60. The van der Waals surface area contributed by atoms with Crippen molar-refractivity contribution in [1.82, 2.24) is 4.57 Å². The van der Waals surface area contributed by atoms with Crippen molar-refractivity contribution in [3.8, 4) is 5.75 Å². The predicted octanol–water partition coefficient (Wildman–Crippen LogP) is 4.62. The summed E-state index contributed by atoms with van der Waals surface area (Å²) >= 11 is 1.10. The lowest BCUT2D eigenvalue weighted by molar-refractivity contribution is -0.114. The summed E-state index contributed by atoms with van der Waals surface area (Å²) in [5.41, 5.74) is 2.45. The Bertz CT molecular complexity index is 1560. The fourth-order valence-corrected chi connectivity index (χ4v) is 6.28. The molecule has 3 aromatic carbocycles. The molecule has 188 valence electrons. The van der Waals surface area contributed by atoms with Gasteiger partial charge in [0.25, 0.3) is 10.0 Å². The number of benzene rings is 3. The lowest BCUT2D eigenvalue weighted by atomic mass is 10.2. The third-order valence-corrected chi connectivity index (χ3v) is 8.31. The van der Waals surface area contributed by atoms with Crippen LogP contribution in [0, 0.1) is 6.92 Å². The number of hydrogen-bond acceptors (Lipinski definition) is 6. The standard InChI is InChI=1S/C26H27N3O5S2/c1-4-28-22-15-12-19(16-24(22)35-26(28)31)27-25(30)17-29(21-8-6-7-9-23(21)34-5-2)36(32,33)20-13-10-18(3)11-14-20/h6-16H,4-5,17H2,1-3H3,(H,27,30). The van der Waals surface area contributed by atoms with Crippen molar-refractivity contribution in [3.63, 3.8) is 0 Å². The number of hydrogen-bond donors (Lipinski definition) is 1. The van der Waals surface area contributed by atoms with Gasteiger partial charge >= 0.3 is 4.87 Å². The summed E-state index contributed by atoms with van der Waals surface area (Å²) < 4.78 is 36.5. The Morgan fingerprint density at radius 3 is 2.47 bits per heavy atom. The molecule has 0 bridgehead atoms. The monoisotopic (exact) mass is 525 g/mol. The van der Waals surface area contributed by atoms with Crippen LogP contribution in [0.3, 0.4) is 0 Å². The molecule has 0 saturated heterocycles. The average Bonchev–Trinajstić information content (AvgIpc) is 3.17. The molecular formula is C26H27N3O5S2. The van der Waals surface area contributed by atoms with Gasteiger partial charge in [-0.3, -0.25) is 18.5 Å². The molecule has 0 atom stereocenters. The predicted molar refractivity (Wildman–Crippen MR) is 144 cm³/mol. The van der Waals surface area contributed by atoms with E-state index in [1.165, 1.54) is 12.1 Å². The lowest BCUT2D eigenvalue weighted by Crippen LogP contribution is -2.38. The van der Waals surface area contributed by atoms with Gasteiger partial charge in [0.15, 0.2) is 0 Å². The first-order valence-corrected chi connectivity index (χ1v) is 13.7. The lowest BCUT2D eigenvalue weighted by Gasteiger charge is -2.26. The van der Waals surface area contributed by atoms with Crippen LogP contribution in [0.1, 0.15) is 19.4 Å². The number of fused-ring (bicyclic) bond motifs is 1. The molecule has 0 aliphatic carbocycles. The van der Waals surface area contributed by atoms with Crippen molar-refractivity contribution in [2.75, 3.05) is 22.8 Å². The van der Waals surface area contributed by atoms with Crippen LogP contribution < -0.4 is 19.2 Å². The molecule has 0 aliphatic heterocycles. The van der Waals surface area contributed by atoms with E-state index in [1.807, 2.05) is 13.8 Å². The van der Waals surface area contributed by atoms with Gasteiger partial charge in [0, 0.05) is 12.2 Å². The highest BCUT2D eigenvalue weighted by Gasteiger charge is 2.29. The summed E-state index contributed by atoms with van der Waals surface area (Å²) in [6.45, 7) is 5.99. The zero-order valence-corrected chi connectivity index (χ0v) is 21.9. The Morgan fingerprint density at radius 2 is 1.78 bits per heavy atom. The number of rotatable bonds is 9. The van der Waals surface area contributed by atoms with Crippen LogP contribution in [0.5, 0.6) is 5.75 Å². The van der Waals surface area contributed by atoms with Crippen LogP contribution in [-0.4, -0.2) is 32.0 Å². The molecule has 10 heteroatoms. The van der Waals surface area contributed by atoms with E-state index in [-0.39, 0.29) is 15.5 Å². The molecule has 0 radical (unpaired) electrons. The van der Waals surface area contributed by atoms with E-state index in [0.717, 1.165) is 31.4 Å². The molecule has 1 amide bonds. The van der Waals surface area contributed by atoms with Crippen LogP contribution in [0.25, 0.3) is 10.2 Å². The summed E-state index contributed by atoms with van der Waals surface area (Å²) in [7, 11) is -4.09. The van der Waals surface area contributed by atoms with Gasteiger partial charge in [0.1, 0.15) is 12.3 Å². The number of para-hydroxylation sites is 2. The van der Waals surface area contributed by atoms with E-state index < -0.39 is 22.5 Å². The number of nitrogens with one attached hydrogen (secondary N) is 1. The van der Waals surface area contributed by atoms with E-state index in [9.17, 15) is 18.0 Å². The number of aromatic nitrogens is 1. The number of sulfonamides is 1. The smallest absolute Gasteiger partial charge is 0.308 e. The number of amides is 1. The Morgan fingerprint density at radius 1 is 1.06 bits per heavy atom. The van der Waals surface area contributed by atoms with Crippen LogP contribution in [0.2, 0.25) is 0 Å². The van der Waals surface area contributed by atoms with Gasteiger partial charge in [-0.15, -0.1) is 0 Å². The number of anilines is 2. The SMILES string of the molecule is CCOc1ccccc1N(CC(=O)Nc1ccc2c(c1)sc(=O)n2CC)S(=O)(=O)c1ccc(C)cc1. The number of thiazole rings is 1. The highest BCUT2D eigenvalue weighted by atomic mass is 32.2. The summed E-state index contributed by atoms with van der Waals surface area (Å²) in [5.74, 6) is -0.172. The van der Waals surface area contributed by atoms with Crippen LogP contribution >= 0.6 is 11.3 Å². The van der Waals surface area contributed by atoms with Crippen LogP contribution in [0.15, 0.2) is 76.4 Å². The maximum absolute atomic E-state index is 13.7. The number of carbonyl (C=O) groups is 1. The molecule has 1 heterocycles. The fraction of sp³-hybridized carbons (Fsp3) is 0.231. The summed E-state index contributed by atoms with van der Waals surface area (Å²) in [6, 6.07) is 18.4. The summed E-state index contributed by atoms with van der Waals surface area (Å²) in [6.07, 6.45) is 0. The Balaban J connectivity index is 1.68. The zero-order valence-electron chi connectivity index (χ0n) is 20.2. The minimum atomic E-state index is -4.09. The summed E-state index contributed by atoms with van der Waals surface area (Å²) in [4.78, 5) is 25.3. The molecular weight excluding hydrogens is 498 g/mol. The van der Waals surface area contributed by atoms with Gasteiger partial charge < -0.3 is 10.1 Å². The van der Waals surface area contributed by atoms with Gasteiger partial charge in [-0.2, -0.15) is 0 Å². The van der Waals surface area contributed by atoms with Crippen molar-refractivity contribution in [3.05, 3.63) is 82.0 Å². The minimum Gasteiger partial charge on any atom is -0.492 e. The maximum atomic E-state index is 13.7. The van der Waals surface area contributed by atoms with E-state index in [2.05, 4.69) is 5.32 Å². The quantitative estimate of drug-likeness (QED) is 0.344. The first-order valence-electron chi connectivity index (χ1n) is 11.5. The van der Waals surface area contributed by atoms with Gasteiger partial charge in [-0.25, -0.2) is 8.42 Å². The van der Waals surface area contributed by atoms with Gasteiger partial charge in [0.05, 0.1) is 27.4 Å². The normalized spacial score (nSPS) is 11.4. The van der Waals surface area contributed by atoms with Crippen LogP contribution in [0.4, 0.5) is 11.4 Å². The highest BCUT2D eigenvalue weighted by molar-refractivity contribution is 7.92. The van der Waals surface area contributed by atoms with E-state index in [4.69, 9.17) is 4.74 Å². The maximum Gasteiger partial charge on any atom is 0.308 e. The van der Waals surface area contributed by atoms with Crippen molar-refractivity contribution in [1.29, 1.82) is 0 Å². The third kappa shape index (κ3) is 5.14. The largest absolute Gasteiger partial charge is 0.492 e. The Labute approximate surface area is 213 Å². The molecule has 0 fully saturated rings. The molecule has 0 saturated carbocycles. The molecule has 1 aromatic heterocycles. The Kier molecular flexibility index (Phi) is 7.46. The summed E-state index contributed by atoms with van der Waals surface area (Å²) in [5, 5.41) is 2.77. The fourth-order valence-electron chi connectivity index (χ4n) is 3.85. The van der Waals surface area contributed by atoms with Gasteiger partial charge in [0.2, 0.25) is 5.91 Å². The molecule has 0 aliphatic rings. The van der Waals surface area contributed by atoms with Crippen molar-refractivity contribution < 1.29 is 17.9 Å². The van der Waals surface area contributed by atoms with E-state index in [0.29, 0.717) is 24.6 Å². The Hall–Kier alpha value is -3.63. The number of nitrogens with zero attached hydrogens (tertiary/aromatic N) is 2. The number of aryl methyl sites for hydroxylation is 2. The van der Waals surface area contributed by atoms with Crippen molar-refractivity contribution in [2.45, 2.75) is 32.2 Å². The minimum absolute atomic E-state index is 0.0688. The zero-order chi connectivity index (χ0) is 25.9. The van der Waals surface area contributed by atoms with Crippen molar-refractivity contribution in [2.24, 2.45) is 0 Å². The molecule has 1 N–H and O–H groups in total. The molecule has 4 aromatic rings. The second-order valence-electron chi connectivity index (χ2n) is 8.07. The first-order chi connectivity index (χ1) is 17.2. The second-order valence-corrected chi connectivity index (χ2v) is 10.9.